The molecule has 1 atom stereocenters. The molecule has 0 radical (unpaired) electrons. The molecule has 0 fully saturated rings. The van der Waals surface area contributed by atoms with Crippen molar-refractivity contribution in [2.45, 2.75) is 19.4 Å². The Hall–Kier alpha value is -2.88. The third-order valence-corrected chi connectivity index (χ3v) is 4.73. The van der Waals surface area contributed by atoms with Gasteiger partial charge in [-0.3, -0.25) is 9.78 Å². The summed E-state index contributed by atoms with van der Waals surface area (Å²) in [5, 5.41) is 4.18. The zero-order valence-electron chi connectivity index (χ0n) is 13.9. The van der Waals surface area contributed by atoms with Crippen molar-refractivity contribution in [3.63, 3.8) is 0 Å². The van der Waals surface area contributed by atoms with E-state index in [0.29, 0.717) is 13.2 Å². The van der Waals surface area contributed by atoms with Crippen LogP contribution in [0.2, 0.25) is 0 Å². The zero-order valence-corrected chi connectivity index (χ0v) is 13.9. The van der Waals surface area contributed by atoms with Crippen LogP contribution in [-0.2, 0) is 17.8 Å². The molecule has 0 saturated heterocycles. The normalized spacial score (nSPS) is 16.6. The number of fused-ring (bicyclic) bond motifs is 2. The minimum absolute atomic E-state index is 0.0586. The second kappa shape index (κ2) is 6.93. The van der Waals surface area contributed by atoms with Gasteiger partial charge in [-0.1, -0.05) is 36.4 Å². The molecule has 0 bridgehead atoms. The molecule has 1 aliphatic heterocycles. The van der Waals surface area contributed by atoms with Gasteiger partial charge >= 0.3 is 0 Å². The maximum absolute atomic E-state index is 12.7. The van der Waals surface area contributed by atoms with E-state index in [2.05, 4.69) is 10.3 Å². The number of rotatable bonds is 3. The molecule has 0 aliphatic carbocycles. The molecule has 0 saturated carbocycles. The van der Waals surface area contributed by atoms with Gasteiger partial charge in [0.1, 0.15) is 5.75 Å². The van der Waals surface area contributed by atoms with E-state index in [9.17, 15) is 4.79 Å². The van der Waals surface area contributed by atoms with Gasteiger partial charge in [-0.25, -0.2) is 0 Å². The predicted molar refractivity (Wildman–Crippen MR) is 97.3 cm³/mol. The Morgan fingerprint density at radius 1 is 1.12 bits per heavy atom. The largest absolute Gasteiger partial charge is 0.493 e. The molecule has 4 heteroatoms. The Morgan fingerprint density at radius 3 is 2.92 bits per heavy atom. The van der Waals surface area contributed by atoms with Gasteiger partial charge in [0.05, 0.1) is 12.1 Å². The molecule has 2 aromatic carbocycles. The number of benzene rings is 2. The highest BCUT2D eigenvalue weighted by Crippen LogP contribution is 2.26. The fourth-order valence-electron chi connectivity index (χ4n) is 3.35. The van der Waals surface area contributed by atoms with Gasteiger partial charge in [0, 0.05) is 24.0 Å². The lowest BCUT2D eigenvalue weighted by Gasteiger charge is -2.14. The Bertz CT molecular complexity index is 902. The highest BCUT2D eigenvalue weighted by molar-refractivity contribution is 5.83. The highest BCUT2D eigenvalue weighted by atomic mass is 16.5. The average Bonchev–Trinajstić information content (AvgIpc) is 2.88. The highest BCUT2D eigenvalue weighted by Gasteiger charge is 2.23. The van der Waals surface area contributed by atoms with Crippen LogP contribution in [0.4, 0.5) is 0 Å². The molecule has 1 amide bonds. The first-order chi connectivity index (χ1) is 12.3. The molecule has 1 N–H and O–H groups in total. The molecule has 4 nitrogen and oxygen atoms in total. The molecule has 0 spiro atoms. The summed E-state index contributed by atoms with van der Waals surface area (Å²) in [7, 11) is 0. The van der Waals surface area contributed by atoms with Crippen LogP contribution in [-0.4, -0.2) is 17.5 Å². The number of ether oxygens (including phenoxy) is 1. The standard InChI is InChI=1S/C21H20N2O2/c24-21(16-10-12-25-20-8-4-1-5-15(20)13-16)23-14-17-9-11-22-19-7-3-2-6-18(17)19/h1-9,11,16H,10,12-14H2,(H,23,24)/t16-/m1/s1. The molecule has 126 valence electrons. The quantitative estimate of drug-likeness (QED) is 0.799. The van der Waals surface area contributed by atoms with Crippen molar-refractivity contribution in [1.29, 1.82) is 0 Å². The summed E-state index contributed by atoms with van der Waals surface area (Å²) in [6, 6.07) is 17.9. The summed E-state index contributed by atoms with van der Waals surface area (Å²) >= 11 is 0. The first-order valence-electron chi connectivity index (χ1n) is 8.62. The minimum Gasteiger partial charge on any atom is -0.493 e. The van der Waals surface area contributed by atoms with E-state index in [1.165, 1.54) is 0 Å². The lowest BCUT2D eigenvalue weighted by molar-refractivity contribution is -0.125. The van der Waals surface area contributed by atoms with Gasteiger partial charge < -0.3 is 10.1 Å². The van der Waals surface area contributed by atoms with Gasteiger partial charge in [-0.05, 0) is 42.2 Å². The van der Waals surface area contributed by atoms with Crippen LogP contribution >= 0.6 is 0 Å². The van der Waals surface area contributed by atoms with Crippen LogP contribution in [0, 0.1) is 5.92 Å². The zero-order chi connectivity index (χ0) is 17.1. The number of nitrogens with zero attached hydrogens (tertiary/aromatic N) is 1. The number of pyridine rings is 1. The lowest BCUT2D eigenvalue weighted by atomic mass is 9.96. The summed E-state index contributed by atoms with van der Waals surface area (Å²) in [5.41, 5.74) is 3.14. The Balaban J connectivity index is 1.47. The van der Waals surface area contributed by atoms with E-state index in [1.54, 1.807) is 6.20 Å². The number of carbonyl (C=O) groups excluding carboxylic acids is 1. The number of hydrogen-bond donors (Lipinski definition) is 1. The van der Waals surface area contributed by atoms with E-state index in [4.69, 9.17) is 4.74 Å². The number of hydrogen-bond acceptors (Lipinski definition) is 3. The summed E-state index contributed by atoms with van der Waals surface area (Å²) in [6.07, 6.45) is 3.25. The molecular weight excluding hydrogens is 312 g/mol. The maximum atomic E-state index is 12.7. The fraction of sp³-hybridized carbons (Fsp3) is 0.238. The predicted octanol–water partition coefficient (Wildman–Crippen LogP) is 3.49. The van der Waals surface area contributed by atoms with Crippen LogP contribution in [0.25, 0.3) is 10.9 Å². The monoisotopic (exact) mass is 332 g/mol. The third kappa shape index (κ3) is 3.33. The van der Waals surface area contributed by atoms with Crippen molar-refractivity contribution in [2.75, 3.05) is 6.61 Å². The molecular formula is C21H20N2O2. The van der Waals surface area contributed by atoms with Gasteiger partial charge in [0.2, 0.25) is 5.91 Å². The molecule has 1 aromatic heterocycles. The third-order valence-electron chi connectivity index (χ3n) is 4.73. The van der Waals surface area contributed by atoms with Gasteiger partial charge in [-0.15, -0.1) is 0 Å². The number of para-hydroxylation sites is 2. The fourth-order valence-corrected chi connectivity index (χ4v) is 3.35. The topological polar surface area (TPSA) is 51.2 Å². The van der Waals surface area contributed by atoms with Crippen molar-refractivity contribution in [3.05, 3.63) is 71.9 Å². The summed E-state index contributed by atoms with van der Waals surface area (Å²) in [4.78, 5) is 17.1. The van der Waals surface area contributed by atoms with E-state index in [0.717, 1.165) is 40.6 Å². The van der Waals surface area contributed by atoms with E-state index in [1.807, 2.05) is 54.6 Å². The molecule has 3 aromatic rings. The molecule has 25 heavy (non-hydrogen) atoms. The summed E-state index contributed by atoms with van der Waals surface area (Å²) < 4.78 is 5.76. The van der Waals surface area contributed by atoms with E-state index < -0.39 is 0 Å². The number of amides is 1. The lowest BCUT2D eigenvalue weighted by Crippen LogP contribution is -2.31. The van der Waals surface area contributed by atoms with Gasteiger partial charge in [0.25, 0.3) is 0 Å². The Kier molecular flexibility index (Phi) is 4.34. The summed E-state index contributed by atoms with van der Waals surface area (Å²) in [6.45, 7) is 1.09. The van der Waals surface area contributed by atoms with Crippen molar-refractivity contribution >= 4 is 16.8 Å². The van der Waals surface area contributed by atoms with Crippen molar-refractivity contribution < 1.29 is 9.53 Å². The van der Waals surface area contributed by atoms with E-state index in [-0.39, 0.29) is 11.8 Å². The molecule has 1 aliphatic rings. The second-order valence-electron chi connectivity index (χ2n) is 6.35. The van der Waals surface area contributed by atoms with Gasteiger partial charge in [-0.2, -0.15) is 0 Å². The molecule has 0 unspecified atom stereocenters. The van der Waals surface area contributed by atoms with Crippen LogP contribution in [0.15, 0.2) is 60.8 Å². The average molecular weight is 332 g/mol. The Labute approximate surface area is 146 Å². The smallest absolute Gasteiger partial charge is 0.223 e. The van der Waals surface area contributed by atoms with Crippen LogP contribution in [0.1, 0.15) is 17.5 Å². The SMILES string of the molecule is O=C(NCc1ccnc2ccccc12)[C@@H]1CCOc2ccccc2C1. The maximum Gasteiger partial charge on any atom is 0.223 e. The van der Waals surface area contributed by atoms with E-state index >= 15 is 0 Å². The summed E-state index contributed by atoms with van der Waals surface area (Å²) in [5.74, 6) is 0.927. The van der Waals surface area contributed by atoms with Crippen molar-refractivity contribution in [3.8, 4) is 5.75 Å². The van der Waals surface area contributed by atoms with Crippen LogP contribution < -0.4 is 10.1 Å². The van der Waals surface area contributed by atoms with Gasteiger partial charge in [0.15, 0.2) is 0 Å². The van der Waals surface area contributed by atoms with Crippen molar-refractivity contribution in [2.24, 2.45) is 5.92 Å². The first-order valence-corrected chi connectivity index (χ1v) is 8.62. The number of nitrogens with one attached hydrogen (secondary N) is 1. The second-order valence-corrected chi connectivity index (χ2v) is 6.35. The first kappa shape index (κ1) is 15.6. The number of aromatic nitrogens is 1. The van der Waals surface area contributed by atoms with Crippen LogP contribution in [0.5, 0.6) is 5.75 Å². The van der Waals surface area contributed by atoms with Crippen LogP contribution in [0.3, 0.4) is 0 Å². The number of carbonyl (C=O) groups is 1. The minimum atomic E-state index is -0.0586. The molecule has 2 heterocycles. The molecule has 4 rings (SSSR count). The van der Waals surface area contributed by atoms with Crippen molar-refractivity contribution in [1.82, 2.24) is 10.3 Å². The Morgan fingerprint density at radius 2 is 1.96 bits per heavy atom.